The first-order valence-electron chi connectivity index (χ1n) is 3.33. The molecule has 0 aromatic heterocycles. The van der Waals surface area contributed by atoms with Crippen molar-refractivity contribution in [2.24, 2.45) is 0 Å². The van der Waals surface area contributed by atoms with Gasteiger partial charge in [-0.2, -0.15) is 0 Å². The van der Waals surface area contributed by atoms with E-state index in [1.807, 2.05) is 12.1 Å². The SMILES string of the molecule is O=C1O[C@H](Br)c2ccc(Br)cc21. The molecule has 1 aromatic rings. The fourth-order valence-electron chi connectivity index (χ4n) is 1.12. The summed E-state index contributed by atoms with van der Waals surface area (Å²) in [5, 5.41) is -0.284. The van der Waals surface area contributed by atoms with E-state index in [0.29, 0.717) is 5.56 Å². The number of carbonyl (C=O) groups excluding carboxylic acids is 1. The Labute approximate surface area is 86.2 Å². The van der Waals surface area contributed by atoms with E-state index in [0.717, 1.165) is 10.0 Å². The topological polar surface area (TPSA) is 26.3 Å². The average Bonchev–Trinajstić information content (AvgIpc) is 2.28. The molecule has 0 N–H and O–H groups in total. The average molecular weight is 292 g/mol. The second-order valence-electron chi connectivity index (χ2n) is 2.45. The lowest BCUT2D eigenvalue weighted by Gasteiger charge is -1.98. The molecule has 0 spiro atoms. The molecule has 0 aliphatic carbocycles. The molecule has 1 atom stereocenters. The van der Waals surface area contributed by atoms with Gasteiger partial charge in [0.25, 0.3) is 0 Å². The summed E-state index contributed by atoms with van der Waals surface area (Å²) in [6.45, 7) is 0. The minimum Gasteiger partial charge on any atom is -0.442 e. The van der Waals surface area contributed by atoms with Crippen LogP contribution in [0.4, 0.5) is 0 Å². The molecule has 0 bridgehead atoms. The van der Waals surface area contributed by atoms with Gasteiger partial charge in [0.15, 0.2) is 5.01 Å². The van der Waals surface area contributed by atoms with Gasteiger partial charge in [0.2, 0.25) is 0 Å². The second kappa shape index (κ2) is 2.85. The molecule has 62 valence electrons. The molecule has 1 heterocycles. The van der Waals surface area contributed by atoms with Crippen molar-refractivity contribution >= 4 is 37.8 Å². The second-order valence-corrected chi connectivity index (χ2v) is 4.20. The number of cyclic esters (lactones) is 1. The molecule has 1 aliphatic heterocycles. The van der Waals surface area contributed by atoms with E-state index in [2.05, 4.69) is 31.9 Å². The van der Waals surface area contributed by atoms with Gasteiger partial charge >= 0.3 is 5.97 Å². The summed E-state index contributed by atoms with van der Waals surface area (Å²) in [6.07, 6.45) is 0. The number of benzene rings is 1. The Morgan fingerprint density at radius 3 is 2.92 bits per heavy atom. The number of rotatable bonds is 0. The number of ether oxygens (including phenoxy) is 1. The van der Waals surface area contributed by atoms with Crippen LogP contribution in [0.1, 0.15) is 20.9 Å². The van der Waals surface area contributed by atoms with Crippen molar-refractivity contribution < 1.29 is 9.53 Å². The van der Waals surface area contributed by atoms with Crippen LogP contribution in [0, 0.1) is 0 Å². The smallest absolute Gasteiger partial charge is 0.340 e. The zero-order valence-electron chi connectivity index (χ0n) is 5.88. The van der Waals surface area contributed by atoms with Crippen LogP contribution in [0.25, 0.3) is 0 Å². The summed E-state index contributed by atoms with van der Waals surface area (Å²) in [6, 6.07) is 5.51. The monoisotopic (exact) mass is 290 g/mol. The highest BCUT2D eigenvalue weighted by atomic mass is 79.9. The molecular formula is C8H4Br2O2. The highest BCUT2D eigenvalue weighted by Crippen LogP contribution is 2.36. The van der Waals surface area contributed by atoms with Crippen LogP contribution in [0.2, 0.25) is 0 Å². The molecule has 1 aromatic carbocycles. The number of hydrogen-bond acceptors (Lipinski definition) is 2. The predicted molar refractivity (Wildman–Crippen MR) is 51.2 cm³/mol. The van der Waals surface area contributed by atoms with E-state index >= 15 is 0 Å². The van der Waals surface area contributed by atoms with Gasteiger partial charge in [-0.25, -0.2) is 4.79 Å². The van der Waals surface area contributed by atoms with Gasteiger partial charge in [0.05, 0.1) is 5.56 Å². The highest BCUT2D eigenvalue weighted by Gasteiger charge is 2.28. The van der Waals surface area contributed by atoms with E-state index < -0.39 is 0 Å². The van der Waals surface area contributed by atoms with Crippen molar-refractivity contribution in [2.45, 2.75) is 5.01 Å². The summed E-state index contributed by atoms with van der Waals surface area (Å²) < 4.78 is 5.83. The van der Waals surface area contributed by atoms with Crippen LogP contribution < -0.4 is 0 Å². The molecule has 0 fully saturated rings. The van der Waals surface area contributed by atoms with Gasteiger partial charge in [-0.15, -0.1) is 0 Å². The lowest BCUT2D eigenvalue weighted by molar-refractivity contribution is 0.0530. The van der Waals surface area contributed by atoms with Gasteiger partial charge in [0, 0.05) is 10.0 Å². The van der Waals surface area contributed by atoms with Crippen molar-refractivity contribution in [1.82, 2.24) is 0 Å². The lowest BCUT2D eigenvalue weighted by Crippen LogP contribution is -1.93. The Morgan fingerprint density at radius 2 is 2.17 bits per heavy atom. The lowest BCUT2D eigenvalue weighted by atomic mass is 10.1. The molecule has 12 heavy (non-hydrogen) atoms. The van der Waals surface area contributed by atoms with Crippen LogP contribution in [-0.2, 0) is 4.74 Å². The first-order valence-corrected chi connectivity index (χ1v) is 5.04. The maximum atomic E-state index is 11.2. The Balaban J connectivity index is 2.60. The van der Waals surface area contributed by atoms with Gasteiger partial charge in [-0.3, -0.25) is 0 Å². The summed E-state index contributed by atoms with van der Waals surface area (Å²) in [5.74, 6) is -0.270. The van der Waals surface area contributed by atoms with Crippen molar-refractivity contribution in [2.75, 3.05) is 0 Å². The third kappa shape index (κ3) is 1.19. The van der Waals surface area contributed by atoms with E-state index in [1.165, 1.54) is 0 Å². The summed E-state index contributed by atoms with van der Waals surface area (Å²) >= 11 is 6.53. The number of fused-ring (bicyclic) bond motifs is 1. The molecule has 2 rings (SSSR count). The van der Waals surface area contributed by atoms with Crippen molar-refractivity contribution in [3.8, 4) is 0 Å². The van der Waals surface area contributed by atoms with Crippen molar-refractivity contribution in [3.63, 3.8) is 0 Å². The van der Waals surface area contributed by atoms with Gasteiger partial charge in [-0.1, -0.05) is 22.0 Å². The largest absolute Gasteiger partial charge is 0.442 e. The fourth-order valence-corrected chi connectivity index (χ4v) is 2.05. The fraction of sp³-hybridized carbons (Fsp3) is 0.125. The maximum absolute atomic E-state index is 11.2. The van der Waals surface area contributed by atoms with Gasteiger partial charge in [-0.05, 0) is 28.1 Å². The molecule has 2 nitrogen and oxygen atoms in total. The molecule has 0 unspecified atom stereocenters. The van der Waals surface area contributed by atoms with Gasteiger partial charge in [0.1, 0.15) is 0 Å². The number of halogens is 2. The van der Waals surface area contributed by atoms with Gasteiger partial charge < -0.3 is 4.74 Å². The van der Waals surface area contributed by atoms with E-state index in [1.54, 1.807) is 6.07 Å². The number of alkyl halides is 1. The quantitative estimate of drug-likeness (QED) is 0.542. The number of hydrogen-bond donors (Lipinski definition) is 0. The van der Waals surface area contributed by atoms with E-state index in [4.69, 9.17) is 4.74 Å². The summed E-state index contributed by atoms with van der Waals surface area (Å²) in [7, 11) is 0. The van der Waals surface area contributed by atoms with Crippen LogP contribution in [-0.4, -0.2) is 5.97 Å². The number of esters is 1. The molecular weight excluding hydrogens is 288 g/mol. The Bertz CT molecular complexity index is 349. The zero-order valence-corrected chi connectivity index (χ0v) is 9.05. The zero-order chi connectivity index (χ0) is 8.72. The van der Waals surface area contributed by atoms with E-state index in [9.17, 15) is 4.79 Å². The Hall–Kier alpha value is -0.350. The van der Waals surface area contributed by atoms with E-state index in [-0.39, 0.29) is 11.0 Å². The molecule has 0 saturated carbocycles. The Kier molecular flexibility index (Phi) is 1.96. The summed E-state index contributed by atoms with van der Waals surface area (Å²) in [5.41, 5.74) is 1.52. The number of carbonyl (C=O) groups is 1. The Morgan fingerprint density at radius 1 is 1.42 bits per heavy atom. The molecule has 4 heteroatoms. The molecule has 1 aliphatic rings. The van der Waals surface area contributed by atoms with Crippen LogP contribution in [0.3, 0.4) is 0 Å². The van der Waals surface area contributed by atoms with Crippen LogP contribution >= 0.6 is 31.9 Å². The minimum absolute atomic E-state index is 0.270. The van der Waals surface area contributed by atoms with Crippen molar-refractivity contribution in [3.05, 3.63) is 33.8 Å². The third-order valence-electron chi connectivity index (χ3n) is 1.69. The van der Waals surface area contributed by atoms with Crippen molar-refractivity contribution in [1.29, 1.82) is 0 Å². The van der Waals surface area contributed by atoms with Crippen LogP contribution in [0.5, 0.6) is 0 Å². The molecule has 0 saturated heterocycles. The first-order chi connectivity index (χ1) is 5.68. The molecule has 0 amide bonds. The molecule has 0 radical (unpaired) electrons. The predicted octanol–water partition coefficient (Wildman–Crippen LogP) is 3.01. The minimum atomic E-state index is -0.284. The summed E-state index contributed by atoms with van der Waals surface area (Å²) in [4.78, 5) is 11.2. The first kappa shape index (κ1) is 8.26. The van der Waals surface area contributed by atoms with Crippen LogP contribution in [0.15, 0.2) is 22.7 Å². The highest BCUT2D eigenvalue weighted by molar-refractivity contribution is 9.10. The normalized spacial score (nSPS) is 20.5. The maximum Gasteiger partial charge on any atom is 0.340 e. The third-order valence-corrected chi connectivity index (χ3v) is 2.86. The standard InChI is InChI=1S/C8H4Br2O2/c9-4-1-2-5-6(3-4)8(11)12-7(5)10/h1-3,7H/t7-/m0/s1.